The molecule has 1 aliphatic heterocycles. The zero-order valence-corrected chi connectivity index (χ0v) is 12.3. The molecule has 5 nitrogen and oxygen atoms in total. The van der Waals surface area contributed by atoms with Gasteiger partial charge in [-0.3, -0.25) is 9.69 Å². The minimum atomic E-state index is -0.395. The van der Waals surface area contributed by atoms with E-state index in [1.807, 2.05) is 0 Å². The Kier molecular flexibility index (Phi) is 5.30. The molecule has 0 radical (unpaired) electrons. The van der Waals surface area contributed by atoms with Gasteiger partial charge in [0.15, 0.2) is 0 Å². The fourth-order valence-corrected chi connectivity index (χ4v) is 3.39. The Hall–Kier alpha value is -0.980. The van der Waals surface area contributed by atoms with Gasteiger partial charge in [0.1, 0.15) is 10.7 Å². The number of carbonyl (C=O) groups excluding carboxylic acids is 1. The van der Waals surface area contributed by atoms with Crippen LogP contribution in [0.5, 0.6) is 0 Å². The van der Waals surface area contributed by atoms with Gasteiger partial charge in [0.2, 0.25) is 0 Å². The Labute approximate surface area is 118 Å². The van der Waals surface area contributed by atoms with Gasteiger partial charge in [0.25, 0.3) is 5.91 Å². The molecule has 0 aliphatic carbocycles. The molecule has 0 saturated carbocycles. The van der Waals surface area contributed by atoms with E-state index in [1.165, 1.54) is 0 Å². The number of primary amides is 1. The molecule has 3 N–H and O–H groups in total. The minimum absolute atomic E-state index is 0.395. The number of hydrogen-bond acceptors (Lipinski definition) is 5. The van der Waals surface area contributed by atoms with Crippen LogP contribution in [0.3, 0.4) is 0 Å². The number of nitrogens with zero attached hydrogens (tertiary/aromatic N) is 2. The quantitative estimate of drug-likeness (QED) is 0.816. The summed E-state index contributed by atoms with van der Waals surface area (Å²) in [6, 6.07) is 0. The molecule has 0 spiro atoms. The number of thiazole rings is 1. The molecular formula is C13H22N4OS. The van der Waals surface area contributed by atoms with Gasteiger partial charge in [-0.1, -0.05) is 13.3 Å². The van der Waals surface area contributed by atoms with Gasteiger partial charge in [-0.25, -0.2) is 4.98 Å². The van der Waals surface area contributed by atoms with Crippen molar-refractivity contribution in [2.75, 3.05) is 26.2 Å². The molecule has 1 fully saturated rings. The van der Waals surface area contributed by atoms with Crippen LogP contribution < -0.4 is 11.1 Å². The lowest BCUT2D eigenvalue weighted by Crippen LogP contribution is -2.42. The summed E-state index contributed by atoms with van der Waals surface area (Å²) in [7, 11) is 0. The molecule has 106 valence electrons. The molecule has 2 heterocycles. The van der Waals surface area contributed by atoms with Gasteiger partial charge < -0.3 is 11.1 Å². The zero-order valence-electron chi connectivity index (χ0n) is 11.4. The van der Waals surface area contributed by atoms with Crippen molar-refractivity contribution in [3.63, 3.8) is 0 Å². The van der Waals surface area contributed by atoms with Crippen molar-refractivity contribution in [3.8, 4) is 0 Å². The van der Waals surface area contributed by atoms with E-state index in [2.05, 4.69) is 22.1 Å². The predicted octanol–water partition coefficient (Wildman–Crippen LogP) is 0.990. The molecule has 6 heteroatoms. The second-order valence-electron chi connectivity index (χ2n) is 4.87. The number of aryl methyl sites for hydroxylation is 1. The number of unbranched alkanes of at least 4 members (excludes halogenated alkanes) is 1. The number of nitrogens with one attached hydrogen (secondary N) is 1. The van der Waals surface area contributed by atoms with Crippen LogP contribution >= 0.6 is 11.3 Å². The van der Waals surface area contributed by atoms with E-state index in [-0.39, 0.29) is 0 Å². The van der Waals surface area contributed by atoms with Gasteiger partial charge in [-0.2, -0.15) is 0 Å². The number of nitrogens with two attached hydrogens (primary N) is 1. The normalized spacial score (nSPS) is 16.7. The van der Waals surface area contributed by atoms with Crippen LogP contribution in [0.1, 0.15) is 40.1 Å². The molecule has 2 rings (SSSR count). The van der Waals surface area contributed by atoms with Crippen LogP contribution in [-0.2, 0) is 13.0 Å². The van der Waals surface area contributed by atoms with Crippen LogP contribution in [0, 0.1) is 0 Å². The van der Waals surface area contributed by atoms with Crippen LogP contribution in [0.4, 0.5) is 0 Å². The fraction of sp³-hybridized carbons (Fsp3) is 0.692. The summed E-state index contributed by atoms with van der Waals surface area (Å²) < 4.78 is 0. The second-order valence-corrected chi connectivity index (χ2v) is 6.04. The molecule has 1 aliphatic rings. The average Bonchev–Trinajstić information content (AvgIpc) is 2.80. The van der Waals surface area contributed by atoms with Gasteiger partial charge in [-0.15, -0.1) is 11.3 Å². The van der Waals surface area contributed by atoms with Crippen molar-refractivity contribution >= 4 is 17.2 Å². The Bertz CT molecular complexity index is 426. The third-order valence-corrected chi connectivity index (χ3v) is 4.40. The average molecular weight is 282 g/mol. The third-order valence-electron chi connectivity index (χ3n) is 3.30. The molecule has 0 unspecified atom stereocenters. The first kappa shape index (κ1) is 14.4. The topological polar surface area (TPSA) is 71.2 Å². The van der Waals surface area contributed by atoms with Gasteiger partial charge in [0, 0.05) is 31.1 Å². The highest BCUT2D eigenvalue weighted by Crippen LogP contribution is 2.22. The van der Waals surface area contributed by atoms with Crippen molar-refractivity contribution in [1.29, 1.82) is 0 Å². The van der Waals surface area contributed by atoms with E-state index in [0.29, 0.717) is 5.69 Å². The number of piperazine rings is 1. The maximum atomic E-state index is 11.4. The Morgan fingerprint density at radius 3 is 2.84 bits per heavy atom. The molecule has 1 aromatic heterocycles. The number of amides is 1. The fourth-order valence-electron chi connectivity index (χ4n) is 2.23. The molecule has 1 amide bonds. The molecule has 0 bridgehead atoms. The first-order valence-electron chi connectivity index (χ1n) is 6.92. The smallest absolute Gasteiger partial charge is 0.268 e. The van der Waals surface area contributed by atoms with Crippen molar-refractivity contribution in [1.82, 2.24) is 15.2 Å². The van der Waals surface area contributed by atoms with Crippen LogP contribution in [0.15, 0.2) is 0 Å². The predicted molar refractivity (Wildman–Crippen MR) is 77.4 cm³/mol. The standard InChI is InChI=1S/C13H22N4OS/c1-2-3-4-10-12(13(14)18)16-11(19-10)9-17-7-5-15-6-8-17/h15H,2-9H2,1H3,(H2,14,18). The summed E-state index contributed by atoms with van der Waals surface area (Å²) >= 11 is 1.65. The van der Waals surface area contributed by atoms with E-state index in [4.69, 9.17) is 5.73 Å². The molecule has 0 aromatic carbocycles. The van der Waals surface area contributed by atoms with Crippen LogP contribution in [-0.4, -0.2) is 42.0 Å². The summed E-state index contributed by atoms with van der Waals surface area (Å²) in [5.74, 6) is -0.395. The van der Waals surface area contributed by atoms with E-state index < -0.39 is 5.91 Å². The Morgan fingerprint density at radius 2 is 2.21 bits per heavy atom. The van der Waals surface area contributed by atoms with E-state index in [0.717, 1.165) is 61.9 Å². The maximum absolute atomic E-state index is 11.4. The highest BCUT2D eigenvalue weighted by Gasteiger charge is 2.18. The lowest BCUT2D eigenvalue weighted by molar-refractivity contribution is 0.0995. The van der Waals surface area contributed by atoms with Gasteiger partial charge >= 0.3 is 0 Å². The molecular weight excluding hydrogens is 260 g/mol. The van der Waals surface area contributed by atoms with Gasteiger partial charge in [-0.05, 0) is 12.8 Å². The largest absolute Gasteiger partial charge is 0.364 e. The summed E-state index contributed by atoms with van der Waals surface area (Å²) in [6.45, 7) is 7.10. The van der Waals surface area contributed by atoms with Crippen molar-refractivity contribution in [2.24, 2.45) is 5.73 Å². The van der Waals surface area contributed by atoms with Crippen molar-refractivity contribution in [2.45, 2.75) is 32.7 Å². The van der Waals surface area contributed by atoms with Crippen LogP contribution in [0.25, 0.3) is 0 Å². The van der Waals surface area contributed by atoms with Gasteiger partial charge in [0.05, 0.1) is 6.54 Å². The Morgan fingerprint density at radius 1 is 1.47 bits per heavy atom. The zero-order chi connectivity index (χ0) is 13.7. The molecule has 1 aromatic rings. The number of hydrogen-bond donors (Lipinski definition) is 2. The van der Waals surface area contributed by atoms with E-state index in [1.54, 1.807) is 11.3 Å². The summed E-state index contributed by atoms with van der Waals surface area (Å²) in [5, 5.41) is 4.35. The number of aromatic nitrogens is 1. The number of rotatable bonds is 6. The summed E-state index contributed by atoms with van der Waals surface area (Å²) in [5.41, 5.74) is 5.90. The monoisotopic (exact) mass is 282 g/mol. The molecule has 0 atom stereocenters. The highest BCUT2D eigenvalue weighted by atomic mass is 32.1. The first-order valence-corrected chi connectivity index (χ1v) is 7.73. The van der Waals surface area contributed by atoms with Crippen molar-refractivity contribution in [3.05, 3.63) is 15.6 Å². The Balaban J connectivity index is 2.05. The highest BCUT2D eigenvalue weighted by molar-refractivity contribution is 7.11. The number of carbonyl (C=O) groups is 1. The SMILES string of the molecule is CCCCc1sc(CN2CCNCC2)nc1C(N)=O. The molecule has 1 saturated heterocycles. The summed E-state index contributed by atoms with van der Waals surface area (Å²) in [6.07, 6.45) is 3.10. The minimum Gasteiger partial charge on any atom is -0.364 e. The van der Waals surface area contributed by atoms with E-state index in [9.17, 15) is 4.79 Å². The summed E-state index contributed by atoms with van der Waals surface area (Å²) in [4.78, 5) is 19.3. The maximum Gasteiger partial charge on any atom is 0.268 e. The third kappa shape index (κ3) is 3.99. The lowest BCUT2D eigenvalue weighted by Gasteiger charge is -2.26. The second kappa shape index (κ2) is 6.98. The van der Waals surface area contributed by atoms with E-state index >= 15 is 0 Å². The van der Waals surface area contributed by atoms with Crippen molar-refractivity contribution < 1.29 is 4.79 Å². The van der Waals surface area contributed by atoms with Crippen LogP contribution in [0.2, 0.25) is 0 Å². The first-order chi connectivity index (χ1) is 9.20. The molecule has 19 heavy (non-hydrogen) atoms. The lowest BCUT2D eigenvalue weighted by atomic mass is 10.2.